The standard InChI is InChI=1S/C77H118O6/c1-4-7-10-13-16-19-22-25-28-31-34-37-38-41-43-46-49-52-55-58-61-64-67-70-76(79)82-73-74(83-77(80)71-68-65-62-59-56-53-50-47-44-40-36-33-30-27-24-21-18-15-12-9-6-3)72-81-75(78)69-66-63-60-57-54-51-48-45-42-39-35-32-29-26-23-20-17-14-11-8-5-2/h7-12,16-21,25-30,34-37,39-40,45,47-48,50,54,56-57,59,74H,4-6,13-15,22-24,31-33,38,41-44,46,49,51-53,55,58,60-73H2,1-3H3/b10-7-,11-8-,12-9-,19-16-,20-17-,21-18-,28-25-,29-26-,30-27-,37-34-,39-35-,40-36-,48-45-,50-47-,57-54-,59-56-. The summed E-state index contributed by atoms with van der Waals surface area (Å²) in [6.45, 7) is 6.22. The van der Waals surface area contributed by atoms with Crippen LogP contribution in [-0.2, 0) is 28.6 Å². The molecule has 1 atom stereocenters. The molecule has 0 aromatic rings. The van der Waals surface area contributed by atoms with Gasteiger partial charge in [-0.15, -0.1) is 0 Å². The summed E-state index contributed by atoms with van der Waals surface area (Å²) in [4.78, 5) is 38.4. The molecule has 0 aliphatic rings. The van der Waals surface area contributed by atoms with E-state index in [1.165, 1.54) is 51.4 Å². The summed E-state index contributed by atoms with van der Waals surface area (Å²) in [5.74, 6) is -1.02. The van der Waals surface area contributed by atoms with Crippen LogP contribution in [0.2, 0.25) is 0 Å². The highest BCUT2D eigenvalue weighted by molar-refractivity contribution is 5.71. The summed E-state index contributed by atoms with van der Waals surface area (Å²) in [6.07, 6.45) is 104. The van der Waals surface area contributed by atoms with Crippen molar-refractivity contribution in [3.8, 4) is 0 Å². The SMILES string of the molecule is CC/C=C\C/C=C\C/C=C\C/C=C\C/C=C\C/C=C\CCCCC(=O)OCC(COC(=O)CCCCCCCCCCCC/C=C\C/C=C\C/C=C\C/C=C\CC)OC(=O)CCCC/C=C\C/C=C\C/C=C\C/C=C\C/C=C\C/C=C\CC. The van der Waals surface area contributed by atoms with Crippen LogP contribution >= 0.6 is 0 Å². The lowest BCUT2D eigenvalue weighted by Gasteiger charge is -2.18. The molecule has 0 amide bonds. The Bertz CT molecular complexity index is 1990. The molecular weight excluding hydrogens is 1020 g/mol. The lowest BCUT2D eigenvalue weighted by molar-refractivity contribution is -0.167. The van der Waals surface area contributed by atoms with E-state index in [0.717, 1.165) is 148 Å². The van der Waals surface area contributed by atoms with E-state index in [1.807, 2.05) is 0 Å². The first-order valence-electron chi connectivity index (χ1n) is 32.9. The Labute approximate surface area is 509 Å². The number of hydrogen-bond donors (Lipinski definition) is 0. The van der Waals surface area contributed by atoms with E-state index >= 15 is 0 Å². The van der Waals surface area contributed by atoms with Crippen LogP contribution in [0.25, 0.3) is 0 Å². The van der Waals surface area contributed by atoms with E-state index in [0.29, 0.717) is 19.3 Å². The van der Waals surface area contributed by atoms with Crippen LogP contribution in [0, 0.1) is 0 Å². The van der Waals surface area contributed by atoms with Gasteiger partial charge in [0.15, 0.2) is 6.10 Å². The minimum absolute atomic E-state index is 0.123. The highest BCUT2D eigenvalue weighted by Crippen LogP contribution is 2.14. The van der Waals surface area contributed by atoms with Crippen molar-refractivity contribution in [3.63, 3.8) is 0 Å². The van der Waals surface area contributed by atoms with Gasteiger partial charge in [0.05, 0.1) is 0 Å². The number of ether oxygens (including phenoxy) is 3. The number of hydrogen-bond acceptors (Lipinski definition) is 6. The van der Waals surface area contributed by atoms with Crippen LogP contribution in [0.4, 0.5) is 0 Å². The van der Waals surface area contributed by atoms with Gasteiger partial charge in [-0.25, -0.2) is 0 Å². The predicted octanol–water partition coefficient (Wildman–Crippen LogP) is 23.0. The van der Waals surface area contributed by atoms with Crippen molar-refractivity contribution in [2.45, 2.75) is 258 Å². The van der Waals surface area contributed by atoms with Crippen LogP contribution in [0.3, 0.4) is 0 Å². The molecule has 0 radical (unpaired) electrons. The maximum atomic E-state index is 12.9. The third-order valence-electron chi connectivity index (χ3n) is 13.1. The van der Waals surface area contributed by atoms with Gasteiger partial charge in [-0.2, -0.15) is 0 Å². The summed E-state index contributed by atoms with van der Waals surface area (Å²) < 4.78 is 16.9. The molecule has 0 aliphatic carbocycles. The summed E-state index contributed by atoms with van der Waals surface area (Å²) in [5.41, 5.74) is 0. The fourth-order valence-corrected chi connectivity index (χ4v) is 8.26. The van der Waals surface area contributed by atoms with Gasteiger partial charge in [0, 0.05) is 19.3 Å². The molecule has 0 saturated carbocycles. The Morgan fingerprint density at radius 2 is 0.434 bits per heavy atom. The van der Waals surface area contributed by atoms with E-state index in [1.54, 1.807) is 0 Å². The molecule has 1 unspecified atom stereocenters. The molecule has 83 heavy (non-hydrogen) atoms. The molecular formula is C77H118O6. The van der Waals surface area contributed by atoms with E-state index in [4.69, 9.17) is 14.2 Å². The highest BCUT2D eigenvalue weighted by Gasteiger charge is 2.19. The second-order valence-electron chi connectivity index (χ2n) is 20.9. The summed E-state index contributed by atoms with van der Waals surface area (Å²) in [7, 11) is 0. The number of rotatable bonds is 57. The Kier molecular flexibility index (Phi) is 64.0. The molecule has 0 spiro atoms. The molecule has 6 heteroatoms. The van der Waals surface area contributed by atoms with Crippen molar-refractivity contribution in [1.29, 1.82) is 0 Å². The lowest BCUT2D eigenvalue weighted by atomic mass is 10.1. The van der Waals surface area contributed by atoms with Gasteiger partial charge >= 0.3 is 17.9 Å². The van der Waals surface area contributed by atoms with E-state index in [-0.39, 0.29) is 44.0 Å². The molecule has 0 bridgehead atoms. The van der Waals surface area contributed by atoms with Gasteiger partial charge in [-0.1, -0.05) is 267 Å². The molecule has 462 valence electrons. The Hall–Kier alpha value is -5.75. The molecule has 0 aliphatic heterocycles. The van der Waals surface area contributed by atoms with E-state index < -0.39 is 6.10 Å². The van der Waals surface area contributed by atoms with Crippen LogP contribution in [0.5, 0.6) is 0 Å². The van der Waals surface area contributed by atoms with Gasteiger partial charge in [0.25, 0.3) is 0 Å². The van der Waals surface area contributed by atoms with Crippen molar-refractivity contribution >= 4 is 17.9 Å². The largest absolute Gasteiger partial charge is 0.462 e. The third kappa shape index (κ3) is 66.9. The van der Waals surface area contributed by atoms with Crippen molar-refractivity contribution in [1.82, 2.24) is 0 Å². The zero-order valence-electron chi connectivity index (χ0n) is 52.9. The Balaban J connectivity index is 4.59. The van der Waals surface area contributed by atoms with Crippen molar-refractivity contribution in [2.75, 3.05) is 13.2 Å². The summed E-state index contributed by atoms with van der Waals surface area (Å²) in [5, 5.41) is 0. The number of allylic oxidation sites excluding steroid dienone is 32. The Morgan fingerprint density at radius 1 is 0.241 bits per heavy atom. The quantitative estimate of drug-likeness (QED) is 0.0261. The minimum atomic E-state index is -0.836. The first-order valence-corrected chi connectivity index (χ1v) is 32.9. The Morgan fingerprint density at radius 3 is 0.699 bits per heavy atom. The number of unbranched alkanes of at least 4 members (excludes halogenated alkanes) is 14. The molecule has 0 aromatic carbocycles. The first kappa shape index (κ1) is 77.2. The van der Waals surface area contributed by atoms with Gasteiger partial charge in [-0.3, -0.25) is 14.4 Å². The topological polar surface area (TPSA) is 78.9 Å². The number of carbonyl (C=O) groups is 3. The molecule has 0 heterocycles. The molecule has 0 N–H and O–H groups in total. The van der Waals surface area contributed by atoms with Crippen LogP contribution < -0.4 is 0 Å². The normalized spacial score (nSPS) is 13.4. The summed E-state index contributed by atoms with van der Waals surface area (Å²) >= 11 is 0. The molecule has 0 fully saturated rings. The average Bonchev–Trinajstić information content (AvgIpc) is 3.49. The second-order valence-corrected chi connectivity index (χ2v) is 20.9. The molecule has 6 nitrogen and oxygen atoms in total. The first-order chi connectivity index (χ1) is 41.0. The molecule has 0 rings (SSSR count). The lowest BCUT2D eigenvalue weighted by Crippen LogP contribution is -2.30. The average molecular weight is 1140 g/mol. The van der Waals surface area contributed by atoms with E-state index in [2.05, 4.69) is 215 Å². The minimum Gasteiger partial charge on any atom is -0.462 e. The maximum Gasteiger partial charge on any atom is 0.306 e. The number of esters is 3. The zero-order valence-corrected chi connectivity index (χ0v) is 52.9. The third-order valence-corrected chi connectivity index (χ3v) is 13.1. The fourth-order valence-electron chi connectivity index (χ4n) is 8.26. The van der Waals surface area contributed by atoms with Crippen molar-refractivity contribution in [2.24, 2.45) is 0 Å². The molecule has 0 saturated heterocycles. The summed E-state index contributed by atoms with van der Waals surface area (Å²) in [6, 6.07) is 0. The van der Waals surface area contributed by atoms with Crippen molar-refractivity contribution in [3.05, 3.63) is 194 Å². The fraction of sp³-hybridized carbons (Fsp3) is 0.545. The predicted molar refractivity (Wildman–Crippen MR) is 361 cm³/mol. The van der Waals surface area contributed by atoms with Crippen LogP contribution in [-0.4, -0.2) is 37.2 Å². The van der Waals surface area contributed by atoms with E-state index in [9.17, 15) is 14.4 Å². The smallest absolute Gasteiger partial charge is 0.306 e. The van der Waals surface area contributed by atoms with Gasteiger partial charge < -0.3 is 14.2 Å². The van der Waals surface area contributed by atoms with Crippen molar-refractivity contribution < 1.29 is 28.6 Å². The van der Waals surface area contributed by atoms with Gasteiger partial charge in [0.2, 0.25) is 0 Å². The second kappa shape index (κ2) is 68.7. The van der Waals surface area contributed by atoms with Crippen LogP contribution in [0.1, 0.15) is 252 Å². The number of carbonyl (C=O) groups excluding carboxylic acids is 3. The van der Waals surface area contributed by atoms with Crippen LogP contribution in [0.15, 0.2) is 194 Å². The molecule has 0 aromatic heterocycles. The monoisotopic (exact) mass is 1140 g/mol. The van der Waals surface area contributed by atoms with Gasteiger partial charge in [-0.05, 0) is 161 Å². The maximum absolute atomic E-state index is 12.9. The van der Waals surface area contributed by atoms with Gasteiger partial charge in [0.1, 0.15) is 13.2 Å². The zero-order chi connectivity index (χ0) is 59.9. The highest BCUT2D eigenvalue weighted by atomic mass is 16.6.